The third kappa shape index (κ3) is 1.16. The van der Waals surface area contributed by atoms with E-state index in [1.165, 1.54) is 11.3 Å². The average molecular weight is 184 g/mol. The van der Waals surface area contributed by atoms with Crippen LogP contribution in [0, 0.1) is 0 Å². The molecular weight excluding hydrogens is 176 g/mol. The molecule has 0 unspecified atom stereocenters. The number of thiazole rings is 1. The Bertz CT molecular complexity index is 330. The Labute approximate surface area is 73.0 Å². The molecule has 5 heteroatoms. The molecule has 1 saturated carbocycles. The van der Waals surface area contributed by atoms with Gasteiger partial charge in [-0.05, 0) is 12.8 Å². The van der Waals surface area contributed by atoms with Gasteiger partial charge in [-0.2, -0.15) is 0 Å². The summed E-state index contributed by atoms with van der Waals surface area (Å²) >= 11 is 1.30. The number of nitrogens with two attached hydrogens (primary N) is 1. The first-order chi connectivity index (χ1) is 5.68. The van der Waals surface area contributed by atoms with E-state index in [0.717, 1.165) is 17.8 Å². The van der Waals surface area contributed by atoms with Crippen molar-refractivity contribution in [2.45, 2.75) is 18.8 Å². The van der Waals surface area contributed by atoms with Gasteiger partial charge in [0, 0.05) is 5.92 Å². The van der Waals surface area contributed by atoms with E-state index in [4.69, 9.17) is 10.8 Å². The van der Waals surface area contributed by atoms with E-state index < -0.39 is 5.97 Å². The average Bonchev–Trinajstić information content (AvgIpc) is 2.75. The third-order valence-electron chi connectivity index (χ3n) is 1.80. The molecule has 1 heterocycles. The van der Waals surface area contributed by atoms with Crippen molar-refractivity contribution < 1.29 is 9.90 Å². The maximum atomic E-state index is 10.5. The molecule has 0 aromatic carbocycles. The predicted octanol–water partition coefficient (Wildman–Crippen LogP) is 1.30. The van der Waals surface area contributed by atoms with Gasteiger partial charge >= 0.3 is 5.97 Å². The van der Waals surface area contributed by atoms with Crippen molar-refractivity contribution in [2.24, 2.45) is 0 Å². The summed E-state index contributed by atoms with van der Waals surface area (Å²) in [6.45, 7) is 0. The number of aromatic nitrogens is 1. The van der Waals surface area contributed by atoms with Crippen LogP contribution in [0.1, 0.15) is 34.3 Å². The summed E-state index contributed by atoms with van der Waals surface area (Å²) in [7, 11) is 0. The molecule has 1 fully saturated rings. The zero-order valence-corrected chi connectivity index (χ0v) is 7.10. The van der Waals surface area contributed by atoms with Crippen LogP contribution >= 0.6 is 11.3 Å². The molecule has 2 rings (SSSR count). The van der Waals surface area contributed by atoms with E-state index >= 15 is 0 Å². The Kier molecular flexibility index (Phi) is 1.54. The summed E-state index contributed by atoms with van der Waals surface area (Å²) in [6, 6.07) is 0. The predicted molar refractivity (Wildman–Crippen MR) is 45.5 cm³/mol. The second-order valence-corrected chi connectivity index (χ2v) is 3.91. The van der Waals surface area contributed by atoms with Crippen LogP contribution in [0.15, 0.2) is 0 Å². The number of rotatable bonds is 2. The smallest absolute Gasteiger partial charge is 0.357 e. The van der Waals surface area contributed by atoms with Crippen LogP contribution in [0.5, 0.6) is 0 Å². The standard InChI is InChI=1S/C7H8N2O2S/c8-5-4(7(10)11)9-6(12-5)3-1-2-3/h3H,1-2,8H2,(H,10,11). The Morgan fingerprint density at radius 2 is 2.33 bits per heavy atom. The van der Waals surface area contributed by atoms with Crippen molar-refractivity contribution in [1.82, 2.24) is 4.98 Å². The lowest BCUT2D eigenvalue weighted by Crippen LogP contribution is -2.00. The summed E-state index contributed by atoms with van der Waals surface area (Å²) in [5.74, 6) is -0.555. The van der Waals surface area contributed by atoms with E-state index in [-0.39, 0.29) is 5.69 Å². The quantitative estimate of drug-likeness (QED) is 0.726. The highest BCUT2D eigenvalue weighted by Gasteiger charge is 2.29. The Morgan fingerprint density at radius 3 is 2.75 bits per heavy atom. The van der Waals surface area contributed by atoms with Crippen LogP contribution in [-0.4, -0.2) is 16.1 Å². The van der Waals surface area contributed by atoms with Gasteiger partial charge in [-0.15, -0.1) is 11.3 Å². The first-order valence-corrected chi connectivity index (χ1v) is 4.49. The number of carbonyl (C=O) groups is 1. The van der Waals surface area contributed by atoms with E-state index in [0.29, 0.717) is 10.9 Å². The SMILES string of the molecule is Nc1sc(C2CC2)nc1C(=O)O. The van der Waals surface area contributed by atoms with Crippen LogP contribution in [0.2, 0.25) is 0 Å². The van der Waals surface area contributed by atoms with Gasteiger partial charge < -0.3 is 10.8 Å². The van der Waals surface area contributed by atoms with Crippen molar-refractivity contribution in [3.05, 3.63) is 10.7 Å². The van der Waals surface area contributed by atoms with Gasteiger partial charge in [0.2, 0.25) is 0 Å². The van der Waals surface area contributed by atoms with Crippen molar-refractivity contribution in [2.75, 3.05) is 5.73 Å². The summed E-state index contributed by atoms with van der Waals surface area (Å²) in [5, 5.41) is 9.85. The molecule has 1 aromatic rings. The van der Waals surface area contributed by atoms with Crippen LogP contribution < -0.4 is 5.73 Å². The largest absolute Gasteiger partial charge is 0.476 e. The van der Waals surface area contributed by atoms with Gasteiger partial charge in [0.1, 0.15) is 5.00 Å². The maximum Gasteiger partial charge on any atom is 0.357 e. The van der Waals surface area contributed by atoms with E-state index in [2.05, 4.69) is 4.98 Å². The van der Waals surface area contributed by atoms with Crippen molar-refractivity contribution >= 4 is 22.3 Å². The number of nitrogen functional groups attached to an aromatic ring is 1. The topological polar surface area (TPSA) is 76.2 Å². The number of aromatic carboxylic acids is 1. The van der Waals surface area contributed by atoms with Crippen molar-refractivity contribution in [3.63, 3.8) is 0 Å². The zero-order valence-electron chi connectivity index (χ0n) is 6.28. The van der Waals surface area contributed by atoms with E-state index in [1.807, 2.05) is 0 Å². The van der Waals surface area contributed by atoms with Crippen molar-refractivity contribution in [1.29, 1.82) is 0 Å². The molecule has 12 heavy (non-hydrogen) atoms. The molecule has 1 aliphatic rings. The third-order valence-corrected chi connectivity index (χ3v) is 2.85. The van der Waals surface area contributed by atoms with Crippen LogP contribution in [0.25, 0.3) is 0 Å². The Morgan fingerprint density at radius 1 is 1.67 bits per heavy atom. The summed E-state index contributed by atoms with van der Waals surface area (Å²) < 4.78 is 0. The lowest BCUT2D eigenvalue weighted by molar-refractivity contribution is 0.0692. The maximum absolute atomic E-state index is 10.5. The number of hydrogen-bond donors (Lipinski definition) is 2. The van der Waals surface area contributed by atoms with Crippen LogP contribution in [0.3, 0.4) is 0 Å². The molecule has 0 radical (unpaired) electrons. The highest BCUT2D eigenvalue weighted by atomic mass is 32.1. The molecule has 0 bridgehead atoms. The number of nitrogens with zero attached hydrogens (tertiary/aromatic N) is 1. The highest BCUT2D eigenvalue weighted by Crippen LogP contribution is 2.43. The van der Waals surface area contributed by atoms with Gasteiger partial charge in [-0.3, -0.25) is 0 Å². The molecule has 0 atom stereocenters. The molecule has 1 aromatic heterocycles. The van der Waals surface area contributed by atoms with E-state index in [1.54, 1.807) is 0 Å². The molecular formula is C7H8N2O2S. The van der Waals surface area contributed by atoms with Gasteiger partial charge in [0.05, 0.1) is 5.01 Å². The molecule has 1 aliphatic carbocycles. The lowest BCUT2D eigenvalue weighted by atomic mass is 10.4. The normalized spacial score (nSPS) is 16.3. The first-order valence-electron chi connectivity index (χ1n) is 3.68. The summed E-state index contributed by atoms with van der Waals surface area (Å²) in [4.78, 5) is 14.5. The second-order valence-electron chi connectivity index (χ2n) is 2.84. The van der Waals surface area contributed by atoms with Gasteiger partial charge in [0.25, 0.3) is 0 Å². The van der Waals surface area contributed by atoms with E-state index in [9.17, 15) is 4.79 Å². The van der Waals surface area contributed by atoms with Crippen LogP contribution in [-0.2, 0) is 0 Å². The highest BCUT2D eigenvalue weighted by molar-refractivity contribution is 7.16. The summed E-state index contributed by atoms with van der Waals surface area (Å²) in [5.41, 5.74) is 5.50. The monoisotopic (exact) mass is 184 g/mol. The minimum Gasteiger partial charge on any atom is -0.476 e. The zero-order chi connectivity index (χ0) is 8.72. The van der Waals surface area contributed by atoms with Gasteiger partial charge in [0.15, 0.2) is 5.69 Å². The second kappa shape index (κ2) is 2.45. The minimum atomic E-state index is -1.03. The molecule has 3 N–H and O–H groups in total. The fourth-order valence-electron chi connectivity index (χ4n) is 1.01. The molecule has 0 saturated heterocycles. The fraction of sp³-hybridized carbons (Fsp3) is 0.429. The van der Waals surface area contributed by atoms with Crippen LogP contribution in [0.4, 0.5) is 5.00 Å². The summed E-state index contributed by atoms with van der Waals surface area (Å²) in [6.07, 6.45) is 2.23. The van der Waals surface area contributed by atoms with Gasteiger partial charge in [-0.25, -0.2) is 9.78 Å². The first kappa shape index (κ1) is 7.54. The van der Waals surface area contributed by atoms with Crippen molar-refractivity contribution in [3.8, 4) is 0 Å². The molecule has 4 nitrogen and oxygen atoms in total. The number of carboxylic acids is 1. The number of hydrogen-bond acceptors (Lipinski definition) is 4. The molecule has 64 valence electrons. The molecule has 0 aliphatic heterocycles. The number of anilines is 1. The number of carboxylic acid groups (broad SMARTS) is 1. The Balaban J connectivity index is 2.36. The fourth-order valence-corrected chi connectivity index (χ4v) is 2.00. The molecule has 0 spiro atoms. The van der Waals surface area contributed by atoms with Gasteiger partial charge in [-0.1, -0.05) is 0 Å². The Hall–Kier alpha value is -1.10. The lowest BCUT2D eigenvalue weighted by Gasteiger charge is -1.85. The molecule has 0 amide bonds. The minimum absolute atomic E-state index is 0.0156.